The van der Waals surface area contributed by atoms with Crippen molar-refractivity contribution >= 4 is 62.8 Å². The number of nitrogens with zero attached hydrogens (tertiary/aromatic N) is 6. The van der Waals surface area contributed by atoms with E-state index in [4.69, 9.17) is 32.0 Å². The molecule has 36 heavy (non-hydrogen) atoms. The molecule has 4 aromatic rings. The second-order valence-electron chi connectivity index (χ2n) is 9.18. The van der Waals surface area contributed by atoms with Gasteiger partial charge in [0, 0.05) is 54.5 Å². The first-order chi connectivity index (χ1) is 17.5. The first kappa shape index (κ1) is 24.3. The molecular weight excluding hydrogens is 611 g/mol. The Labute approximate surface area is 231 Å². The average Bonchev–Trinajstić information content (AvgIpc) is 3.44. The SMILES string of the molecule is N[C@@H]1[C@H](I)OCC12CCN(c1cnc(Sc3ccc4[nH]c(Cc5cnccn5)nc4c3Cl)cn1)CC2. The lowest BCUT2D eigenvalue weighted by Crippen LogP contribution is -2.50. The van der Waals surface area contributed by atoms with Crippen LogP contribution >= 0.6 is 46.0 Å². The van der Waals surface area contributed by atoms with E-state index in [1.54, 1.807) is 24.8 Å². The highest BCUT2D eigenvalue weighted by Gasteiger charge is 2.48. The van der Waals surface area contributed by atoms with Crippen LogP contribution in [0.5, 0.6) is 0 Å². The number of fused-ring (bicyclic) bond motifs is 1. The molecule has 3 aromatic heterocycles. The molecular formula is C24H24ClIN8OS. The summed E-state index contributed by atoms with van der Waals surface area (Å²) >= 11 is 10.5. The van der Waals surface area contributed by atoms with E-state index < -0.39 is 0 Å². The van der Waals surface area contributed by atoms with E-state index in [2.05, 4.69) is 47.4 Å². The minimum atomic E-state index is 0.0849. The lowest BCUT2D eigenvalue weighted by Gasteiger charge is -2.41. The van der Waals surface area contributed by atoms with Gasteiger partial charge in [-0.05, 0) is 47.6 Å². The molecule has 1 spiro atoms. The van der Waals surface area contributed by atoms with E-state index in [1.807, 2.05) is 18.3 Å². The topological polar surface area (TPSA) is 119 Å². The number of H-pyrrole nitrogens is 1. The van der Waals surface area contributed by atoms with Crippen LogP contribution in [0.15, 0.2) is 53.0 Å². The number of anilines is 1. The number of hydrogen-bond donors (Lipinski definition) is 2. The number of nitrogens with two attached hydrogens (primary N) is 1. The molecule has 5 heterocycles. The van der Waals surface area contributed by atoms with Crippen molar-refractivity contribution in [2.75, 3.05) is 24.6 Å². The molecule has 1 aromatic carbocycles. The third-order valence-corrected chi connectivity index (χ3v) is 9.61. The molecule has 9 nitrogen and oxygen atoms in total. The van der Waals surface area contributed by atoms with Gasteiger partial charge in [-0.2, -0.15) is 0 Å². The third-order valence-electron chi connectivity index (χ3n) is 7.00. The number of alkyl halides is 1. The molecule has 0 radical (unpaired) electrons. The number of rotatable bonds is 5. The number of aromatic amines is 1. The highest BCUT2D eigenvalue weighted by Crippen LogP contribution is 2.43. The van der Waals surface area contributed by atoms with Gasteiger partial charge >= 0.3 is 0 Å². The van der Waals surface area contributed by atoms with E-state index in [1.165, 1.54) is 11.8 Å². The molecule has 0 amide bonds. The Morgan fingerprint density at radius 3 is 2.72 bits per heavy atom. The molecule has 3 N–H and O–H groups in total. The molecule has 12 heteroatoms. The average molecular weight is 635 g/mol. The van der Waals surface area contributed by atoms with Crippen LogP contribution in [0.2, 0.25) is 5.02 Å². The summed E-state index contributed by atoms with van der Waals surface area (Å²) in [6.45, 7) is 2.56. The largest absolute Gasteiger partial charge is 0.366 e. The standard InChI is InChI=1S/C24H24ClIN8OS/c25-20-16(2-1-15-21(20)33-17(32-15)9-14-10-28-5-6-29-14)36-19-12-30-18(11-31-19)34-7-3-24(4-8-34)13-35-23(26)22(24)27/h1-2,5-6,10-12,22-23H,3-4,7-9,13,27H2,(H,32,33)/t22-,23-/m1/s1. The van der Waals surface area contributed by atoms with Crippen molar-refractivity contribution in [3.8, 4) is 0 Å². The van der Waals surface area contributed by atoms with Crippen LogP contribution in [0.25, 0.3) is 11.0 Å². The number of aromatic nitrogens is 6. The van der Waals surface area contributed by atoms with E-state index in [0.29, 0.717) is 11.4 Å². The minimum absolute atomic E-state index is 0.0849. The summed E-state index contributed by atoms with van der Waals surface area (Å²) in [5.74, 6) is 1.68. The van der Waals surface area contributed by atoms with Gasteiger partial charge in [0.25, 0.3) is 0 Å². The molecule has 2 atom stereocenters. The van der Waals surface area contributed by atoms with Crippen molar-refractivity contribution in [3.63, 3.8) is 0 Å². The van der Waals surface area contributed by atoms with Gasteiger partial charge in [-0.3, -0.25) is 9.97 Å². The van der Waals surface area contributed by atoms with Crippen molar-refractivity contribution in [2.24, 2.45) is 11.1 Å². The zero-order chi connectivity index (χ0) is 24.7. The van der Waals surface area contributed by atoms with Crippen LogP contribution in [0.4, 0.5) is 5.82 Å². The van der Waals surface area contributed by atoms with Gasteiger partial charge in [0.05, 0.1) is 35.2 Å². The monoisotopic (exact) mass is 634 g/mol. The van der Waals surface area contributed by atoms with Crippen LogP contribution < -0.4 is 10.6 Å². The van der Waals surface area contributed by atoms with Gasteiger partial charge in [-0.1, -0.05) is 23.4 Å². The quantitative estimate of drug-likeness (QED) is 0.245. The highest BCUT2D eigenvalue weighted by atomic mass is 127. The number of halogens is 2. The molecule has 0 aliphatic carbocycles. The van der Waals surface area contributed by atoms with Gasteiger partial charge in [-0.25, -0.2) is 15.0 Å². The first-order valence-electron chi connectivity index (χ1n) is 11.7. The Bertz CT molecular complexity index is 1360. The molecule has 2 aliphatic rings. The molecule has 0 unspecified atom stereocenters. The van der Waals surface area contributed by atoms with Gasteiger partial charge < -0.3 is 20.4 Å². The third kappa shape index (κ3) is 4.67. The summed E-state index contributed by atoms with van der Waals surface area (Å²) in [5, 5.41) is 1.37. The normalized spacial score (nSPS) is 21.5. The minimum Gasteiger partial charge on any atom is -0.366 e. The fourth-order valence-corrected chi connectivity index (χ4v) is 6.87. The van der Waals surface area contributed by atoms with Gasteiger partial charge in [-0.15, -0.1) is 0 Å². The highest BCUT2D eigenvalue weighted by molar-refractivity contribution is 14.1. The van der Waals surface area contributed by atoms with Crippen LogP contribution in [-0.2, 0) is 11.2 Å². The summed E-state index contributed by atoms with van der Waals surface area (Å²) in [7, 11) is 0. The van der Waals surface area contributed by atoms with Crippen molar-refractivity contribution in [1.82, 2.24) is 29.9 Å². The Hall–Kier alpha value is -2.06. The second-order valence-corrected chi connectivity index (χ2v) is 11.9. The Morgan fingerprint density at radius 2 is 2.03 bits per heavy atom. The zero-order valence-electron chi connectivity index (χ0n) is 19.3. The fourth-order valence-electron chi connectivity index (χ4n) is 4.85. The molecule has 0 saturated carbocycles. The summed E-state index contributed by atoms with van der Waals surface area (Å²) < 4.78 is 5.93. The van der Waals surface area contributed by atoms with Crippen LogP contribution in [0.3, 0.4) is 0 Å². The fraction of sp³-hybridized carbons (Fsp3) is 0.375. The molecule has 6 rings (SSSR count). The molecule has 2 aliphatic heterocycles. The number of hydrogen-bond acceptors (Lipinski definition) is 9. The summed E-state index contributed by atoms with van der Waals surface area (Å²) in [6.07, 6.45) is 11.3. The van der Waals surface area contributed by atoms with Gasteiger partial charge in [0.2, 0.25) is 0 Å². The number of nitrogens with one attached hydrogen (secondary N) is 1. The number of benzene rings is 1. The van der Waals surface area contributed by atoms with E-state index >= 15 is 0 Å². The molecule has 2 fully saturated rings. The van der Waals surface area contributed by atoms with E-state index in [0.717, 1.165) is 70.8 Å². The number of piperidine rings is 1. The summed E-state index contributed by atoms with van der Waals surface area (Å²) in [5.41, 5.74) is 8.99. The van der Waals surface area contributed by atoms with E-state index in [-0.39, 0.29) is 15.6 Å². The maximum absolute atomic E-state index is 6.73. The maximum atomic E-state index is 6.73. The second kappa shape index (κ2) is 10.0. The Morgan fingerprint density at radius 1 is 1.17 bits per heavy atom. The predicted octanol–water partition coefficient (Wildman–Crippen LogP) is 4.24. The summed E-state index contributed by atoms with van der Waals surface area (Å²) in [4.78, 5) is 28.9. The molecule has 186 valence electrons. The maximum Gasteiger partial charge on any atom is 0.147 e. The van der Waals surface area contributed by atoms with Crippen LogP contribution in [0, 0.1) is 5.41 Å². The van der Waals surface area contributed by atoms with Crippen molar-refractivity contribution in [2.45, 2.75) is 39.3 Å². The molecule has 0 bridgehead atoms. The first-order valence-corrected chi connectivity index (χ1v) is 14.1. The van der Waals surface area contributed by atoms with Crippen molar-refractivity contribution < 1.29 is 4.74 Å². The van der Waals surface area contributed by atoms with Crippen molar-refractivity contribution in [3.05, 3.63) is 59.7 Å². The Balaban J connectivity index is 1.13. The predicted molar refractivity (Wildman–Crippen MR) is 148 cm³/mol. The smallest absolute Gasteiger partial charge is 0.147 e. The summed E-state index contributed by atoms with van der Waals surface area (Å²) in [6, 6.07) is 4.05. The zero-order valence-corrected chi connectivity index (χ0v) is 23.0. The number of ether oxygens (including phenoxy) is 1. The van der Waals surface area contributed by atoms with Crippen LogP contribution in [-0.4, -0.2) is 59.8 Å². The van der Waals surface area contributed by atoms with Gasteiger partial charge in [0.15, 0.2) is 0 Å². The lowest BCUT2D eigenvalue weighted by molar-refractivity contribution is 0.127. The van der Waals surface area contributed by atoms with Gasteiger partial charge in [0.1, 0.15) is 26.3 Å². The number of imidazole rings is 1. The van der Waals surface area contributed by atoms with Crippen molar-refractivity contribution in [1.29, 1.82) is 0 Å². The Kier molecular flexibility index (Phi) is 6.75. The molecule has 2 saturated heterocycles. The lowest BCUT2D eigenvalue weighted by atomic mass is 9.75. The van der Waals surface area contributed by atoms with E-state index in [9.17, 15) is 0 Å². The van der Waals surface area contributed by atoms with Crippen LogP contribution in [0.1, 0.15) is 24.4 Å².